The fraction of sp³-hybridized carbons (Fsp3) is 0.538. The number of aliphatic hydroxyl groups excluding tert-OH is 1. The molecule has 1 aromatic carbocycles. The summed E-state index contributed by atoms with van der Waals surface area (Å²) in [6, 6.07) is 7.36. The first kappa shape index (κ1) is 11.5. The summed E-state index contributed by atoms with van der Waals surface area (Å²) in [5.41, 5.74) is 1.73. The van der Waals surface area contributed by atoms with Crippen LogP contribution in [-0.4, -0.2) is 11.0 Å². The minimum absolute atomic E-state index is 0.0171. The molecule has 0 aromatic heterocycles. The van der Waals surface area contributed by atoms with E-state index in [2.05, 4.69) is 0 Å². The molecule has 0 aliphatic heterocycles. The normalized spacial score (nSPS) is 24.3. The topological polar surface area (TPSA) is 20.2 Å². The van der Waals surface area contributed by atoms with E-state index in [0.717, 1.165) is 17.5 Å². The molecular weight excluding hydrogens is 210 g/mol. The molecule has 0 radical (unpaired) electrons. The summed E-state index contributed by atoms with van der Waals surface area (Å²) in [5.74, 6) is -2.58. The second kappa shape index (κ2) is 4.50. The lowest BCUT2D eigenvalue weighted by molar-refractivity contribution is -0.0408. The van der Waals surface area contributed by atoms with Gasteiger partial charge in [-0.2, -0.15) is 0 Å². The van der Waals surface area contributed by atoms with Crippen LogP contribution in [0.5, 0.6) is 0 Å². The van der Waals surface area contributed by atoms with Gasteiger partial charge in [-0.15, -0.1) is 0 Å². The Kier molecular flexibility index (Phi) is 3.24. The fourth-order valence-electron chi connectivity index (χ4n) is 2.40. The zero-order valence-electron chi connectivity index (χ0n) is 9.13. The van der Waals surface area contributed by atoms with Crippen molar-refractivity contribution < 1.29 is 13.9 Å². The quantitative estimate of drug-likeness (QED) is 0.818. The third-order valence-electron chi connectivity index (χ3n) is 3.25. The average molecular weight is 226 g/mol. The number of halogens is 2. The SMILES string of the molecule is OCc1cccc(C2CCCC(F)(F)C2)c1. The van der Waals surface area contributed by atoms with Crippen LogP contribution in [0.2, 0.25) is 0 Å². The van der Waals surface area contributed by atoms with E-state index < -0.39 is 5.92 Å². The molecular formula is C13H16F2O. The zero-order chi connectivity index (χ0) is 11.6. The van der Waals surface area contributed by atoms with Gasteiger partial charge in [-0.1, -0.05) is 24.3 Å². The van der Waals surface area contributed by atoms with E-state index in [1.165, 1.54) is 0 Å². The molecule has 0 amide bonds. The van der Waals surface area contributed by atoms with E-state index in [-0.39, 0.29) is 25.4 Å². The molecule has 1 N–H and O–H groups in total. The second-order valence-electron chi connectivity index (χ2n) is 4.55. The van der Waals surface area contributed by atoms with Crippen LogP contribution in [-0.2, 0) is 6.61 Å². The summed E-state index contributed by atoms with van der Waals surface area (Å²) in [6.07, 6.45) is 1.37. The van der Waals surface area contributed by atoms with Crippen LogP contribution in [0.3, 0.4) is 0 Å². The van der Waals surface area contributed by atoms with Crippen LogP contribution >= 0.6 is 0 Å². The first-order chi connectivity index (χ1) is 7.61. The number of aliphatic hydroxyl groups is 1. The number of benzene rings is 1. The van der Waals surface area contributed by atoms with Gasteiger partial charge in [0.2, 0.25) is 5.92 Å². The second-order valence-corrected chi connectivity index (χ2v) is 4.55. The Hall–Kier alpha value is -0.960. The van der Waals surface area contributed by atoms with Crippen molar-refractivity contribution in [2.75, 3.05) is 0 Å². The number of alkyl halides is 2. The molecule has 1 atom stereocenters. The Morgan fingerprint density at radius 3 is 2.88 bits per heavy atom. The molecule has 16 heavy (non-hydrogen) atoms. The maximum atomic E-state index is 13.3. The Morgan fingerprint density at radius 2 is 2.19 bits per heavy atom. The summed E-state index contributed by atoms with van der Waals surface area (Å²) in [7, 11) is 0. The monoisotopic (exact) mass is 226 g/mol. The highest BCUT2D eigenvalue weighted by atomic mass is 19.3. The number of hydrogen-bond acceptors (Lipinski definition) is 1. The molecule has 1 aromatic rings. The summed E-state index contributed by atoms with van der Waals surface area (Å²) in [4.78, 5) is 0. The van der Waals surface area contributed by atoms with E-state index in [4.69, 9.17) is 5.11 Å². The van der Waals surface area contributed by atoms with Gasteiger partial charge in [-0.25, -0.2) is 8.78 Å². The molecule has 0 saturated heterocycles. The maximum absolute atomic E-state index is 13.3. The Bertz CT molecular complexity index is 363. The predicted octanol–water partition coefficient (Wildman–Crippen LogP) is 3.47. The van der Waals surface area contributed by atoms with Gasteiger partial charge in [0, 0.05) is 12.8 Å². The molecule has 1 fully saturated rings. The number of rotatable bonds is 2. The van der Waals surface area contributed by atoms with E-state index in [1.54, 1.807) is 0 Å². The van der Waals surface area contributed by atoms with Gasteiger partial charge in [-0.3, -0.25) is 0 Å². The van der Waals surface area contributed by atoms with Crippen LogP contribution in [0.25, 0.3) is 0 Å². The summed E-state index contributed by atoms with van der Waals surface area (Å²) >= 11 is 0. The highest BCUT2D eigenvalue weighted by molar-refractivity contribution is 5.26. The predicted molar refractivity (Wildman–Crippen MR) is 58.5 cm³/mol. The van der Waals surface area contributed by atoms with E-state index in [1.807, 2.05) is 24.3 Å². The van der Waals surface area contributed by atoms with Crippen LogP contribution in [0.15, 0.2) is 24.3 Å². The van der Waals surface area contributed by atoms with Crippen LogP contribution < -0.4 is 0 Å². The minimum atomic E-state index is -2.52. The Labute approximate surface area is 94.1 Å². The van der Waals surface area contributed by atoms with Gasteiger partial charge in [0.15, 0.2) is 0 Å². The molecule has 1 aliphatic carbocycles. The highest BCUT2D eigenvalue weighted by Crippen LogP contribution is 2.41. The molecule has 2 rings (SSSR count). The van der Waals surface area contributed by atoms with Crippen LogP contribution in [0, 0.1) is 0 Å². The lowest BCUT2D eigenvalue weighted by atomic mass is 9.81. The molecule has 1 aliphatic rings. The molecule has 0 bridgehead atoms. The van der Waals surface area contributed by atoms with Crippen molar-refractivity contribution in [1.82, 2.24) is 0 Å². The van der Waals surface area contributed by atoms with Crippen molar-refractivity contribution >= 4 is 0 Å². The van der Waals surface area contributed by atoms with Gasteiger partial charge in [0.05, 0.1) is 6.61 Å². The molecule has 1 unspecified atom stereocenters. The van der Waals surface area contributed by atoms with E-state index >= 15 is 0 Å². The van der Waals surface area contributed by atoms with Crippen molar-refractivity contribution in [2.24, 2.45) is 0 Å². The standard InChI is InChI=1S/C13H16F2O/c14-13(15)6-2-5-12(8-13)11-4-1-3-10(7-11)9-16/h1,3-4,7,12,16H,2,5-6,8-9H2. The van der Waals surface area contributed by atoms with E-state index in [0.29, 0.717) is 6.42 Å². The molecule has 88 valence electrons. The van der Waals surface area contributed by atoms with Gasteiger partial charge >= 0.3 is 0 Å². The smallest absolute Gasteiger partial charge is 0.248 e. The summed E-state index contributed by atoms with van der Waals surface area (Å²) in [5, 5.41) is 9.01. The molecule has 0 heterocycles. The largest absolute Gasteiger partial charge is 0.392 e. The van der Waals surface area contributed by atoms with Gasteiger partial charge in [-0.05, 0) is 29.9 Å². The highest BCUT2D eigenvalue weighted by Gasteiger charge is 2.36. The van der Waals surface area contributed by atoms with E-state index in [9.17, 15) is 8.78 Å². The third kappa shape index (κ3) is 2.59. The van der Waals surface area contributed by atoms with Crippen molar-refractivity contribution in [2.45, 2.75) is 44.1 Å². The average Bonchev–Trinajstić information content (AvgIpc) is 2.28. The molecule has 0 spiro atoms. The fourth-order valence-corrected chi connectivity index (χ4v) is 2.40. The Morgan fingerprint density at radius 1 is 1.38 bits per heavy atom. The van der Waals surface area contributed by atoms with Crippen molar-refractivity contribution in [3.63, 3.8) is 0 Å². The van der Waals surface area contributed by atoms with Crippen molar-refractivity contribution in [3.8, 4) is 0 Å². The third-order valence-corrected chi connectivity index (χ3v) is 3.25. The van der Waals surface area contributed by atoms with Crippen LogP contribution in [0.4, 0.5) is 8.78 Å². The first-order valence-corrected chi connectivity index (χ1v) is 5.68. The van der Waals surface area contributed by atoms with Crippen LogP contribution in [0.1, 0.15) is 42.7 Å². The van der Waals surface area contributed by atoms with Gasteiger partial charge in [0.25, 0.3) is 0 Å². The molecule has 1 nitrogen and oxygen atoms in total. The van der Waals surface area contributed by atoms with Gasteiger partial charge < -0.3 is 5.11 Å². The Balaban J connectivity index is 2.16. The minimum Gasteiger partial charge on any atom is -0.392 e. The maximum Gasteiger partial charge on any atom is 0.248 e. The molecule has 1 saturated carbocycles. The number of hydrogen-bond donors (Lipinski definition) is 1. The summed E-state index contributed by atoms with van der Waals surface area (Å²) in [6.45, 7) is -0.0308. The van der Waals surface area contributed by atoms with Crippen molar-refractivity contribution in [1.29, 1.82) is 0 Å². The first-order valence-electron chi connectivity index (χ1n) is 5.68. The zero-order valence-corrected chi connectivity index (χ0v) is 9.13. The summed E-state index contributed by atoms with van der Waals surface area (Å²) < 4.78 is 26.5. The lowest BCUT2D eigenvalue weighted by Gasteiger charge is -2.29. The van der Waals surface area contributed by atoms with Gasteiger partial charge in [0.1, 0.15) is 0 Å². The molecule has 3 heteroatoms. The van der Waals surface area contributed by atoms with Crippen molar-refractivity contribution in [3.05, 3.63) is 35.4 Å². The lowest BCUT2D eigenvalue weighted by Crippen LogP contribution is -2.24.